The highest BCUT2D eigenvalue weighted by Crippen LogP contribution is 2.19. The second-order valence-corrected chi connectivity index (χ2v) is 4.51. The molecule has 0 amide bonds. The van der Waals surface area contributed by atoms with Crippen molar-refractivity contribution in [2.75, 3.05) is 19.6 Å². The van der Waals surface area contributed by atoms with Gasteiger partial charge in [-0.05, 0) is 12.0 Å². The van der Waals surface area contributed by atoms with Crippen LogP contribution < -0.4 is 11.5 Å². The molecule has 18 heavy (non-hydrogen) atoms. The van der Waals surface area contributed by atoms with Gasteiger partial charge in [0.05, 0.1) is 0 Å². The molecule has 106 valence electrons. The van der Waals surface area contributed by atoms with Gasteiger partial charge in [-0.3, -0.25) is 4.90 Å². The molecule has 1 saturated heterocycles. The van der Waals surface area contributed by atoms with E-state index < -0.39 is 0 Å². The summed E-state index contributed by atoms with van der Waals surface area (Å²) in [6, 6.07) is 10.5. The molecule has 1 aliphatic rings. The smallest absolute Gasteiger partial charge is 0.0419 e. The van der Waals surface area contributed by atoms with Crippen LogP contribution in [0.5, 0.6) is 0 Å². The minimum absolute atomic E-state index is 0. The molecule has 1 heterocycles. The third kappa shape index (κ3) is 5.31. The van der Waals surface area contributed by atoms with Gasteiger partial charge in [-0.1, -0.05) is 30.3 Å². The highest BCUT2D eigenvalue weighted by Gasteiger charge is 2.32. The predicted molar refractivity (Wildman–Crippen MR) is 84.1 cm³/mol. The van der Waals surface area contributed by atoms with Crippen LogP contribution in [0.15, 0.2) is 30.3 Å². The Balaban J connectivity index is 0. The van der Waals surface area contributed by atoms with Crippen LogP contribution in [0.25, 0.3) is 0 Å². The van der Waals surface area contributed by atoms with Gasteiger partial charge in [-0.2, -0.15) is 0 Å². The molecule has 1 unspecified atom stereocenters. The van der Waals surface area contributed by atoms with Crippen LogP contribution in [0, 0.1) is 0 Å². The average molecular weight is 315 g/mol. The van der Waals surface area contributed by atoms with E-state index in [1.54, 1.807) is 0 Å². The number of benzene rings is 1. The third-order valence-electron chi connectivity index (χ3n) is 3.12. The number of hydrogen-bond donors (Lipinski definition) is 2. The number of halogens is 3. The Labute approximate surface area is 128 Å². The zero-order valence-electron chi connectivity index (χ0n) is 10.2. The Bertz CT molecular complexity index is 324. The van der Waals surface area contributed by atoms with E-state index in [2.05, 4.69) is 29.2 Å². The van der Waals surface area contributed by atoms with Gasteiger partial charge in [0.15, 0.2) is 0 Å². The summed E-state index contributed by atoms with van der Waals surface area (Å²) in [5, 5.41) is 0. The number of likely N-dealkylation sites (tertiary alicyclic amines) is 1. The van der Waals surface area contributed by atoms with E-state index in [0.29, 0.717) is 6.54 Å². The summed E-state index contributed by atoms with van der Waals surface area (Å²) in [5.41, 5.74) is 13.0. The van der Waals surface area contributed by atoms with E-state index in [9.17, 15) is 0 Å². The molecular formula is C12H22Cl3N3. The second-order valence-electron chi connectivity index (χ2n) is 4.51. The molecule has 6 heteroatoms. The van der Waals surface area contributed by atoms with E-state index in [1.165, 1.54) is 5.56 Å². The SMILES string of the molecule is Cl.Cl.Cl.NCC1(N)CCN(Cc2ccccc2)C1. The molecular weight excluding hydrogens is 293 g/mol. The van der Waals surface area contributed by atoms with Gasteiger partial charge in [0.2, 0.25) is 0 Å². The molecule has 1 aliphatic heterocycles. The van der Waals surface area contributed by atoms with E-state index in [4.69, 9.17) is 11.5 Å². The maximum Gasteiger partial charge on any atom is 0.0419 e. The van der Waals surface area contributed by atoms with Gasteiger partial charge in [0, 0.05) is 31.7 Å². The summed E-state index contributed by atoms with van der Waals surface area (Å²) >= 11 is 0. The minimum Gasteiger partial charge on any atom is -0.329 e. The fourth-order valence-electron chi connectivity index (χ4n) is 2.13. The van der Waals surface area contributed by atoms with Gasteiger partial charge in [0.1, 0.15) is 0 Å². The fraction of sp³-hybridized carbons (Fsp3) is 0.500. The molecule has 0 spiro atoms. The molecule has 1 atom stereocenters. The Kier molecular flexibility index (Phi) is 10.1. The van der Waals surface area contributed by atoms with E-state index in [0.717, 1.165) is 26.1 Å². The zero-order chi connectivity index (χ0) is 10.7. The zero-order valence-corrected chi connectivity index (χ0v) is 12.7. The highest BCUT2D eigenvalue weighted by atomic mass is 35.5. The summed E-state index contributed by atoms with van der Waals surface area (Å²) in [4.78, 5) is 2.38. The Morgan fingerprint density at radius 3 is 2.22 bits per heavy atom. The first kappa shape index (κ1) is 20.3. The lowest BCUT2D eigenvalue weighted by atomic mass is 10.0. The molecule has 0 aliphatic carbocycles. The number of nitrogens with two attached hydrogens (primary N) is 2. The minimum atomic E-state index is -0.158. The third-order valence-corrected chi connectivity index (χ3v) is 3.12. The van der Waals surface area contributed by atoms with E-state index in [-0.39, 0.29) is 42.8 Å². The predicted octanol–water partition coefficient (Wildman–Crippen LogP) is 1.81. The Morgan fingerprint density at radius 1 is 1.11 bits per heavy atom. The molecule has 1 fully saturated rings. The van der Waals surface area contributed by atoms with Crippen LogP contribution in [-0.4, -0.2) is 30.1 Å². The summed E-state index contributed by atoms with van der Waals surface area (Å²) in [6.45, 7) is 3.54. The molecule has 0 saturated carbocycles. The lowest BCUT2D eigenvalue weighted by Gasteiger charge is -2.22. The van der Waals surface area contributed by atoms with Gasteiger partial charge in [-0.25, -0.2) is 0 Å². The molecule has 3 nitrogen and oxygen atoms in total. The Hall–Kier alpha value is -0.0300. The summed E-state index contributed by atoms with van der Waals surface area (Å²) in [6.07, 6.45) is 1.01. The molecule has 1 aromatic carbocycles. The van der Waals surface area contributed by atoms with Gasteiger partial charge in [0.25, 0.3) is 0 Å². The monoisotopic (exact) mass is 313 g/mol. The first-order chi connectivity index (χ1) is 7.22. The topological polar surface area (TPSA) is 55.3 Å². The van der Waals surface area contributed by atoms with Crippen LogP contribution in [-0.2, 0) is 6.54 Å². The van der Waals surface area contributed by atoms with Gasteiger partial charge >= 0.3 is 0 Å². The number of nitrogens with zero attached hydrogens (tertiary/aromatic N) is 1. The fourth-order valence-corrected chi connectivity index (χ4v) is 2.13. The van der Waals surface area contributed by atoms with Gasteiger partial charge < -0.3 is 11.5 Å². The van der Waals surface area contributed by atoms with Crippen LogP contribution in [0.4, 0.5) is 0 Å². The van der Waals surface area contributed by atoms with Crippen molar-refractivity contribution in [3.05, 3.63) is 35.9 Å². The largest absolute Gasteiger partial charge is 0.329 e. The van der Waals surface area contributed by atoms with Crippen molar-refractivity contribution in [3.63, 3.8) is 0 Å². The number of rotatable bonds is 3. The van der Waals surface area contributed by atoms with Gasteiger partial charge in [-0.15, -0.1) is 37.2 Å². The maximum atomic E-state index is 6.14. The molecule has 1 aromatic rings. The van der Waals surface area contributed by atoms with Crippen LogP contribution in [0.2, 0.25) is 0 Å². The van der Waals surface area contributed by atoms with Crippen molar-refractivity contribution >= 4 is 37.2 Å². The molecule has 0 bridgehead atoms. The molecule has 0 aromatic heterocycles. The molecule has 4 N–H and O–H groups in total. The van der Waals surface area contributed by atoms with Crippen LogP contribution >= 0.6 is 37.2 Å². The van der Waals surface area contributed by atoms with Crippen molar-refractivity contribution in [3.8, 4) is 0 Å². The molecule has 0 radical (unpaired) electrons. The second kappa shape index (κ2) is 8.97. The highest BCUT2D eigenvalue weighted by molar-refractivity contribution is 5.86. The van der Waals surface area contributed by atoms with Crippen LogP contribution in [0.1, 0.15) is 12.0 Å². The van der Waals surface area contributed by atoms with E-state index in [1.807, 2.05) is 6.07 Å². The maximum absolute atomic E-state index is 6.14. The van der Waals surface area contributed by atoms with Crippen molar-refractivity contribution in [2.24, 2.45) is 11.5 Å². The van der Waals surface area contributed by atoms with Crippen molar-refractivity contribution < 1.29 is 0 Å². The lowest BCUT2D eigenvalue weighted by molar-refractivity contribution is 0.305. The average Bonchev–Trinajstić information content (AvgIpc) is 2.63. The standard InChI is InChI=1S/C12H19N3.3ClH/c13-9-12(14)6-7-15(10-12)8-11-4-2-1-3-5-11;;;/h1-5H,6-10,13-14H2;3*1H. The summed E-state index contributed by atoms with van der Waals surface area (Å²) < 4.78 is 0. The number of hydrogen-bond acceptors (Lipinski definition) is 3. The summed E-state index contributed by atoms with van der Waals surface area (Å²) in [5.74, 6) is 0. The first-order valence-electron chi connectivity index (χ1n) is 5.47. The van der Waals surface area contributed by atoms with Crippen molar-refractivity contribution in [1.82, 2.24) is 4.90 Å². The summed E-state index contributed by atoms with van der Waals surface area (Å²) in [7, 11) is 0. The quantitative estimate of drug-likeness (QED) is 0.895. The van der Waals surface area contributed by atoms with Crippen LogP contribution in [0.3, 0.4) is 0 Å². The normalized spacial score (nSPS) is 22.6. The lowest BCUT2D eigenvalue weighted by Crippen LogP contribution is -2.49. The molecule has 2 rings (SSSR count). The first-order valence-corrected chi connectivity index (χ1v) is 5.47. The van der Waals surface area contributed by atoms with E-state index >= 15 is 0 Å². The van der Waals surface area contributed by atoms with Crippen molar-refractivity contribution in [1.29, 1.82) is 0 Å². The van der Waals surface area contributed by atoms with Crippen molar-refractivity contribution in [2.45, 2.75) is 18.5 Å². The Morgan fingerprint density at radius 2 is 1.72 bits per heavy atom.